The van der Waals surface area contributed by atoms with Crippen molar-refractivity contribution in [3.05, 3.63) is 34.9 Å². The van der Waals surface area contributed by atoms with Gasteiger partial charge in [-0.3, -0.25) is 9.59 Å². The monoisotopic (exact) mass is 310 g/mol. The number of halogens is 1. The molecule has 0 spiro atoms. The lowest BCUT2D eigenvalue weighted by Gasteiger charge is -2.38. The van der Waals surface area contributed by atoms with Crippen LogP contribution in [0.2, 0.25) is 5.02 Å². The van der Waals surface area contributed by atoms with Crippen LogP contribution in [0.15, 0.2) is 24.3 Å². The molecule has 1 aromatic carbocycles. The molecule has 0 bridgehead atoms. The van der Waals surface area contributed by atoms with E-state index < -0.39 is 12.1 Å². The van der Waals surface area contributed by atoms with E-state index in [4.69, 9.17) is 16.3 Å². The Morgan fingerprint density at radius 3 is 2.57 bits per heavy atom. The highest BCUT2D eigenvalue weighted by Crippen LogP contribution is 2.30. The zero-order chi connectivity index (χ0) is 15.6. The summed E-state index contributed by atoms with van der Waals surface area (Å²) in [5, 5.41) is 3.44. The maximum absolute atomic E-state index is 12.3. The normalized spacial score (nSPS) is 22.5. The van der Waals surface area contributed by atoms with Gasteiger partial charge in [-0.2, -0.15) is 0 Å². The zero-order valence-electron chi connectivity index (χ0n) is 12.3. The first-order chi connectivity index (χ1) is 9.90. The second-order valence-corrected chi connectivity index (χ2v) is 5.83. The van der Waals surface area contributed by atoms with Gasteiger partial charge in [-0.1, -0.05) is 23.7 Å². The molecule has 2 rings (SSSR count). The molecule has 1 fully saturated rings. The molecule has 1 aliphatic rings. The predicted molar refractivity (Wildman–Crippen MR) is 80.0 cm³/mol. The van der Waals surface area contributed by atoms with Gasteiger partial charge in [0.05, 0.1) is 6.04 Å². The van der Waals surface area contributed by atoms with E-state index in [0.717, 1.165) is 5.56 Å². The van der Waals surface area contributed by atoms with Crippen LogP contribution in [0, 0.1) is 0 Å². The van der Waals surface area contributed by atoms with E-state index in [1.165, 1.54) is 0 Å². The molecule has 1 saturated heterocycles. The number of ether oxygens (including phenoxy) is 1. The first-order valence-electron chi connectivity index (χ1n) is 6.83. The number of rotatable bonds is 3. The van der Waals surface area contributed by atoms with Crippen LogP contribution >= 0.6 is 11.6 Å². The molecule has 0 radical (unpaired) electrons. The standard InChI is InChI=1S/C15H19ClN2O3/c1-9(2)17-15(20)14-13(18(3)12(19)8-21-14)10-4-6-11(16)7-5-10/h4-7,9,13-14H,8H2,1-3H3,(H,17,20). The Kier molecular flexibility index (Phi) is 4.85. The Balaban J connectivity index is 2.31. The van der Waals surface area contributed by atoms with Gasteiger partial charge in [0, 0.05) is 18.1 Å². The molecule has 114 valence electrons. The van der Waals surface area contributed by atoms with Crippen molar-refractivity contribution in [3.63, 3.8) is 0 Å². The summed E-state index contributed by atoms with van der Waals surface area (Å²) in [6.07, 6.45) is -0.726. The lowest BCUT2D eigenvalue weighted by atomic mass is 9.97. The highest BCUT2D eigenvalue weighted by atomic mass is 35.5. The van der Waals surface area contributed by atoms with Crippen LogP contribution in [0.3, 0.4) is 0 Å². The zero-order valence-corrected chi connectivity index (χ0v) is 13.1. The molecule has 1 N–H and O–H groups in total. The Hall–Kier alpha value is -1.59. The van der Waals surface area contributed by atoms with E-state index >= 15 is 0 Å². The fraction of sp³-hybridized carbons (Fsp3) is 0.467. The number of amides is 2. The minimum Gasteiger partial charge on any atom is -0.356 e. The third-order valence-corrected chi connectivity index (χ3v) is 3.64. The van der Waals surface area contributed by atoms with Crippen LogP contribution in [0.4, 0.5) is 0 Å². The van der Waals surface area contributed by atoms with E-state index in [2.05, 4.69) is 5.32 Å². The van der Waals surface area contributed by atoms with Gasteiger partial charge in [0.25, 0.3) is 5.91 Å². The van der Waals surface area contributed by atoms with E-state index in [9.17, 15) is 9.59 Å². The van der Waals surface area contributed by atoms with Gasteiger partial charge in [-0.05, 0) is 31.5 Å². The molecule has 1 aliphatic heterocycles. The average Bonchev–Trinajstić information content (AvgIpc) is 2.42. The molecule has 1 heterocycles. The molecule has 21 heavy (non-hydrogen) atoms. The number of carbonyl (C=O) groups is 2. The SMILES string of the molecule is CC(C)NC(=O)C1OCC(=O)N(C)C1c1ccc(Cl)cc1. The molecule has 2 atom stereocenters. The molecular formula is C15H19ClN2O3. The summed E-state index contributed by atoms with van der Waals surface area (Å²) in [4.78, 5) is 25.7. The lowest BCUT2D eigenvalue weighted by Crippen LogP contribution is -2.53. The summed E-state index contributed by atoms with van der Waals surface area (Å²) in [6, 6.07) is 6.64. The molecule has 0 aromatic heterocycles. The Labute approximate surface area is 129 Å². The second kappa shape index (κ2) is 6.45. The van der Waals surface area contributed by atoms with Crippen molar-refractivity contribution in [2.75, 3.05) is 13.7 Å². The third-order valence-electron chi connectivity index (χ3n) is 3.38. The van der Waals surface area contributed by atoms with Crippen molar-refractivity contribution >= 4 is 23.4 Å². The van der Waals surface area contributed by atoms with Crippen molar-refractivity contribution in [2.45, 2.75) is 32.0 Å². The highest BCUT2D eigenvalue weighted by molar-refractivity contribution is 6.30. The number of nitrogens with one attached hydrogen (secondary N) is 1. The first kappa shape index (κ1) is 15.8. The average molecular weight is 311 g/mol. The molecule has 2 amide bonds. The topological polar surface area (TPSA) is 58.6 Å². The van der Waals surface area contributed by atoms with E-state index in [1.54, 1.807) is 36.2 Å². The van der Waals surface area contributed by atoms with Crippen LogP contribution in [-0.2, 0) is 14.3 Å². The van der Waals surface area contributed by atoms with Crippen LogP contribution in [0.25, 0.3) is 0 Å². The second-order valence-electron chi connectivity index (χ2n) is 5.40. The summed E-state index contributed by atoms with van der Waals surface area (Å²) in [7, 11) is 1.68. The summed E-state index contributed by atoms with van der Waals surface area (Å²) in [6.45, 7) is 3.68. The fourth-order valence-corrected chi connectivity index (χ4v) is 2.48. The number of likely N-dealkylation sites (N-methyl/N-ethyl adjacent to an activating group) is 1. The quantitative estimate of drug-likeness (QED) is 0.925. The van der Waals surface area contributed by atoms with Crippen molar-refractivity contribution in [2.24, 2.45) is 0 Å². The number of benzene rings is 1. The lowest BCUT2D eigenvalue weighted by molar-refractivity contribution is -0.162. The molecule has 0 saturated carbocycles. The van der Waals surface area contributed by atoms with E-state index in [1.807, 2.05) is 13.8 Å². The Morgan fingerprint density at radius 2 is 2.00 bits per heavy atom. The van der Waals surface area contributed by atoms with Gasteiger partial charge in [0.15, 0.2) is 6.10 Å². The summed E-state index contributed by atoms with van der Waals surface area (Å²) < 4.78 is 5.48. The van der Waals surface area contributed by atoms with Gasteiger partial charge < -0.3 is 15.0 Å². The number of hydrogen-bond donors (Lipinski definition) is 1. The van der Waals surface area contributed by atoms with Crippen LogP contribution in [-0.4, -0.2) is 42.5 Å². The largest absolute Gasteiger partial charge is 0.356 e. The van der Waals surface area contributed by atoms with Gasteiger partial charge >= 0.3 is 0 Å². The molecule has 5 nitrogen and oxygen atoms in total. The number of hydrogen-bond acceptors (Lipinski definition) is 3. The third kappa shape index (κ3) is 3.54. The van der Waals surface area contributed by atoms with Crippen LogP contribution in [0.1, 0.15) is 25.5 Å². The highest BCUT2D eigenvalue weighted by Gasteiger charge is 2.40. The summed E-state index contributed by atoms with van der Waals surface area (Å²) in [5.41, 5.74) is 0.818. The maximum atomic E-state index is 12.3. The van der Waals surface area contributed by atoms with Crippen molar-refractivity contribution in [1.82, 2.24) is 10.2 Å². The Morgan fingerprint density at radius 1 is 1.38 bits per heavy atom. The molecular weight excluding hydrogens is 292 g/mol. The van der Waals surface area contributed by atoms with Crippen LogP contribution < -0.4 is 5.32 Å². The molecule has 6 heteroatoms. The van der Waals surface area contributed by atoms with E-state index in [-0.39, 0.29) is 24.5 Å². The van der Waals surface area contributed by atoms with Gasteiger partial charge in [0.1, 0.15) is 6.61 Å². The Bertz CT molecular complexity index is 530. The predicted octanol–water partition coefficient (Wildman–Crippen LogP) is 1.76. The molecule has 0 aliphatic carbocycles. The number of carbonyl (C=O) groups excluding carboxylic acids is 2. The smallest absolute Gasteiger partial charge is 0.251 e. The number of nitrogens with zero attached hydrogens (tertiary/aromatic N) is 1. The summed E-state index contributed by atoms with van der Waals surface area (Å²) in [5.74, 6) is -0.368. The minimum atomic E-state index is -0.726. The van der Waals surface area contributed by atoms with Crippen molar-refractivity contribution in [1.29, 1.82) is 0 Å². The van der Waals surface area contributed by atoms with Gasteiger partial charge in [-0.15, -0.1) is 0 Å². The minimum absolute atomic E-state index is 0.00917. The van der Waals surface area contributed by atoms with Crippen molar-refractivity contribution in [3.8, 4) is 0 Å². The number of morpholine rings is 1. The molecule has 2 unspecified atom stereocenters. The first-order valence-corrected chi connectivity index (χ1v) is 7.21. The fourth-order valence-electron chi connectivity index (χ4n) is 2.36. The summed E-state index contributed by atoms with van der Waals surface area (Å²) >= 11 is 5.89. The van der Waals surface area contributed by atoms with Crippen molar-refractivity contribution < 1.29 is 14.3 Å². The van der Waals surface area contributed by atoms with Gasteiger partial charge in [0.2, 0.25) is 5.91 Å². The van der Waals surface area contributed by atoms with Gasteiger partial charge in [-0.25, -0.2) is 0 Å². The van der Waals surface area contributed by atoms with Crippen LogP contribution in [0.5, 0.6) is 0 Å². The van der Waals surface area contributed by atoms with E-state index in [0.29, 0.717) is 5.02 Å². The maximum Gasteiger partial charge on any atom is 0.251 e. The molecule has 1 aromatic rings.